The highest BCUT2D eigenvalue weighted by Gasteiger charge is 2.10. The second-order valence-electron chi connectivity index (χ2n) is 5.03. The van der Waals surface area contributed by atoms with Crippen molar-refractivity contribution < 1.29 is 4.79 Å². The van der Waals surface area contributed by atoms with Crippen molar-refractivity contribution in [2.45, 2.75) is 6.42 Å². The third-order valence-electron chi connectivity index (χ3n) is 3.52. The molecule has 2 aromatic rings. The molecule has 0 unspecified atom stereocenters. The van der Waals surface area contributed by atoms with Crippen LogP contribution in [0.15, 0.2) is 42.0 Å². The van der Waals surface area contributed by atoms with Gasteiger partial charge in [0.05, 0.1) is 5.52 Å². The highest BCUT2D eigenvalue weighted by Crippen LogP contribution is 2.18. The number of carbonyl (C=O) groups is 1. The van der Waals surface area contributed by atoms with Crippen molar-refractivity contribution in [3.05, 3.63) is 52.7 Å². The minimum atomic E-state index is -0.156. The molecule has 1 aromatic carbocycles. The summed E-state index contributed by atoms with van der Waals surface area (Å²) in [4.78, 5) is 16.5. The molecule has 4 nitrogen and oxygen atoms in total. The molecule has 1 aliphatic rings. The number of nitrogens with zero attached hydrogens (tertiary/aromatic N) is 1. The van der Waals surface area contributed by atoms with E-state index in [1.165, 1.54) is 5.57 Å². The Bertz CT molecular complexity index is 719. The van der Waals surface area contributed by atoms with Gasteiger partial charge in [-0.05, 0) is 31.2 Å². The lowest BCUT2D eigenvalue weighted by molar-refractivity contribution is 0.0952. The Morgan fingerprint density at radius 2 is 2.04 bits per heavy atom. The summed E-state index contributed by atoms with van der Waals surface area (Å²) in [5.41, 5.74) is 2.40. The lowest BCUT2D eigenvalue weighted by atomic mass is 10.1. The second kappa shape index (κ2) is 9.08. The number of fused-ring (bicyclic) bond motifs is 1. The van der Waals surface area contributed by atoms with E-state index >= 15 is 0 Å². The first kappa shape index (κ1) is 19.7. The van der Waals surface area contributed by atoms with E-state index in [2.05, 4.69) is 21.7 Å². The van der Waals surface area contributed by atoms with Gasteiger partial charge in [-0.3, -0.25) is 4.79 Å². The first-order valence-electron chi connectivity index (χ1n) is 6.95. The molecule has 1 aliphatic heterocycles. The van der Waals surface area contributed by atoms with Gasteiger partial charge >= 0.3 is 0 Å². The number of benzene rings is 1. The first-order valence-corrected chi connectivity index (χ1v) is 7.33. The Labute approximate surface area is 152 Å². The van der Waals surface area contributed by atoms with Crippen LogP contribution in [0.3, 0.4) is 0 Å². The van der Waals surface area contributed by atoms with E-state index in [-0.39, 0.29) is 30.7 Å². The second-order valence-corrected chi connectivity index (χ2v) is 5.47. The molecule has 0 spiro atoms. The molecule has 0 bridgehead atoms. The van der Waals surface area contributed by atoms with E-state index in [0.717, 1.165) is 30.4 Å². The van der Waals surface area contributed by atoms with Gasteiger partial charge in [0.15, 0.2) is 0 Å². The zero-order chi connectivity index (χ0) is 14.7. The lowest BCUT2D eigenvalue weighted by Crippen LogP contribution is -2.30. The molecule has 0 saturated heterocycles. The van der Waals surface area contributed by atoms with E-state index < -0.39 is 0 Å². The van der Waals surface area contributed by atoms with Crippen LogP contribution in [0.4, 0.5) is 0 Å². The van der Waals surface area contributed by atoms with Gasteiger partial charge < -0.3 is 10.6 Å². The summed E-state index contributed by atoms with van der Waals surface area (Å²) in [5.74, 6) is -0.156. The summed E-state index contributed by atoms with van der Waals surface area (Å²) >= 11 is 5.96. The number of hydrogen-bond donors (Lipinski definition) is 2. The molecule has 0 fully saturated rings. The zero-order valence-corrected chi connectivity index (χ0v) is 14.7. The smallest absolute Gasteiger partial charge is 0.270 e. The summed E-state index contributed by atoms with van der Waals surface area (Å²) in [7, 11) is 0. The van der Waals surface area contributed by atoms with Crippen molar-refractivity contribution in [2.75, 3.05) is 19.6 Å². The molecule has 7 heteroatoms. The van der Waals surface area contributed by atoms with E-state index in [1.807, 2.05) is 18.2 Å². The number of amides is 1. The van der Waals surface area contributed by atoms with Crippen LogP contribution in [-0.4, -0.2) is 30.5 Å². The van der Waals surface area contributed by atoms with Crippen LogP contribution in [0.5, 0.6) is 0 Å². The summed E-state index contributed by atoms with van der Waals surface area (Å²) in [5, 5.41) is 7.75. The predicted octanol–water partition coefficient (Wildman–Crippen LogP) is 3.38. The number of carbonyl (C=O) groups excluding carboxylic acids is 1. The number of rotatable bonds is 3. The highest BCUT2D eigenvalue weighted by atomic mass is 35.5. The monoisotopic (exact) mass is 373 g/mol. The van der Waals surface area contributed by atoms with Crippen molar-refractivity contribution >= 4 is 53.2 Å². The standard InChI is InChI=1S/C16H16ClN3O.2ClH/c17-13-3-1-12-2-4-14(20-15(12)9-13)16(21)19-10-11-5-7-18-8-6-11;;/h1-5,9,18H,6-8,10H2,(H,19,21);2*1H. The minimum Gasteiger partial charge on any atom is -0.347 e. The minimum absolute atomic E-state index is 0. The first-order chi connectivity index (χ1) is 10.2. The van der Waals surface area contributed by atoms with Gasteiger partial charge in [0.2, 0.25) is 0 Å². The molecule has 1 amide bonds. The number of hydrogen-bond acceptors (Lipinski definition) is 3. The average molecular weight is 375 g/mol. The van der Waals surface area contributed by atoms with Crippen molar-refractivity contribution in [2.24, 2.45) is 0 Å². The fourth-order valence-electron chi connectivity index (χ4n) is 2.33. The molecule has 2 N–H and O–H groups in total. The summed E-state index contributed by atoms with van der Waals surface area (Å²) < 4.78 is 0. The van der Waals surface area contributed by atoms with Gasteiger partial charge in [-0.2, -0.15) is 0 Å². The van der Waals surface area contributed by atoms with Gasteiger partial charge in [-0.15, -0.1) is 24.8 Å². The highest BCUT2D eigenvalue weighted by molar-refractivity contribution is 6.31. The Hall–Kier alpha value is -1.33. The fourth-order valence-corrected chi connectivity index (χ4v) is 2.50. The maximum Gasteiger partial charge on any atom is 0.270 e. The maximum atomic E-state index is 12.2. The quantitative estimate of drug-likeness (QED) is 0.810. The third kappa shape index (κ3) is 5.08. The number of nitrogens with one attached hydrogen (secondary N) is 2. The molecular formula is C16H18Cl3N3O. The fraction of sp³-hybridized carbons (Fsp3) is 0.250. The number of halogens is 3. The van der Waals surface area contributed by atoms with Crippen molar-refractivity contribution in [3.8, 4) is 0 Å². The van der Waals surface area contributed by atoms with Gasteiger partial charge in [0.25, 0.3) is 5.91 Å². The molecule has 124 valence electrons. The molecule has 2 heterocycles. The van der Waals surface area contributed by atoms with Crippen LogP contribution in [-0.2, 0) is 0 Å². The molecule has 0 radical (unpaired) electrons. The third-order valence-corrected chi connectivity index (χ3v) is 3.76. The zero-order valence-electron chi connectivity index (χ0n) is 12.3. The summed E-state index contributed by atoms with van der Waals surface area (Å²) in [6, 6.07) is 9.10. The Morgan fingerprint density at radius 1 is 1.26 bits per heavy atom. The van der Waals surface area contributed by atoms with E-state index in [9.17, 15) is 4.79 Å². The Kier molecular flexibility index (Phi) is 7.79. The Morgan fingerprint density at radius 3 is 2.78 bits per heavy atom. The summed E-state index contributed by atoms with van der Waals surface area (Å²) in [6.45, 7) is 2.42. The number of pyridine rings is 1. The van der Waals surface area contributed by atoms with Crippen LogP contribution >= 0.6 is 36.4 Å². The van der Waals surface area contributed by atoms with Crippen LogP contribution in [0.25, 0.3) is 10.9 Å². The van der Waals surface area contributed by atoms with Crippen LogP contribution in [0.1, 0.15) is 16.9 Å². The molecule has 0 saturated carbocycles. The van der Waals surface area contributed by atoms with E-state index in [1.54, 1.807) is 12.1 Å². The van der Waals surface area contributed by atoms with E-state index in [4.69, 9.17) is 11.6 Å². The molecular weight excluding hydrogens is 357 g/mol. The molecule has 1 aromatic heterocycles. The SMILES string of the molecule is Cl.Cl.O=C(NCC1=CCNCC1)c1ccc2ccc(Cl)cc2n1. The van der Waals surface area contributed by atoms with Gasteiger partial charge in [-0.1, -0.05) is 35.4 Å². The van der Waals surface area contributed by atoms with Crippen molar-refractivity contribution in [1.82, 2.24) is 15.6 Å². The van der Waals surface area contributed by atoms with Gasteiger partial charge in [-0.25, -0.2) is 4.98 Å². The average Bonchev–Trinajstić information content (AvgIpc) is 2.53. The molecule has 0 atom stereocenters. The van der Waals surface area contributed by atoms with Gasteiger partial charge in [0, 0.05) is 23.5 Å². The molecule has 0 aliphatic carbocycles. The van der Waals surface area contributed by atoms with Crippen LogP contribution in [0, 0.1) is 0 Å². The molecule has 3 rings (SSSR count). The maximum absolute atomic E-state index is 12.2. The normalized spacial score (nSPS) is 13.5. The van der Waals surface area contributed by atoms with Crippen molar-refractivity contribution in [1.29, 1.82) is 0 Å². The topological polar surface area (TPSA) is 54.0 Å². The lowest BCUT2D eigenvalue weighted by Gasteiger charge is -2.14. The predicted molar refractivity (Wildman–Crippen MR) is 99.2 cm³/mol. The van der Waals surface area contributed by atoms with Crippen LogP contribution < -0.4 is 10.6 Å². The van der Waals surface area contributed by atoms with Crippen LogP contribution in [0.2, 0.25) is 5.02 Å². The Balaban J connectivity index is 0.00000132. The van der Waals surface area contributed by atoms with E-state index in [0.29, 0.717) is 17.3 Å². The van der Waals surface area contributed by atoms with Gasteiger partial charge in [0.1, 0.15) is 5.69 Å². The largest absolute Gasteiger partial charge is 0.347 e. The summed E-state index contributed by atoms with van der Waals surface area (Å²) in [6.07, 6.45) is 3.10. The number of aromatic nitrogens is 1. The van der Waals surface area contributed by atoms with Crippen molar-refractivity contribution in [3.63, 3.8) is 0 Å². The molecule has 23 heavy (non-hydrogen) atoms.